The molecule has 0 aliphatic rings. The second-order valence-corrected chi connectivity index (χ2v) is 5.43. The van der Waals surface area contributed by atoms with Gasteiger partial charge in [-0.25, -0.2) is 4.39 Å². The summed E-state index contributed by atoms with van der Waals surface area (Å²) in [7, 11) is 0. The number of halogens is 1. The van der Waals surface area contributed by atoms with E-state index in [0.29, 0.717) is 24.1 Å². The molecule has 1 aromatic rings. The molecule has 114 valence electrons. The monoisotopic (exact) mass is 283 g/mol. The highest BCUT2D eigenvalue weighted by atomic mass is 19.1. The van der Waals surface area contributed by atoms with Crippen LogP contribution in [0.25, 0.3) is 0 Å². The number of hydrogen-bond donors (Lipinski definition) is 2. The van der Waals surface area contributed by atoms with Crippen molar-refractivity contribution in [3.8, 4) is 0 Å². The first-order valence-corrected chi connectivity index (χ1v) is 7.27. The van der Waals surface area contributed by atoms with E-state index < -0.39 is 6.10 Å². The van der Waals surface area contributed by atoms with Crippen molar-refractivity contribution in [2.24, 2.45) is 5.92 Å². The summed E-state index contributed by atoms with van der Waals surface area (Å²) in [5.74, 6) is 0.262. The Labute approximate surface area is 121 Å². The molecule has 0 bridgehead atoms. The molecule has 4 heteroatoms. The van der Waals surface area contributed by atoms with Crippen LogP contribution in [0, 0.1) is 11.7 Å². The van der Waals surface area contributed by atoms with Crippen LogP contribution in [0.2, 0.25) is 0 Å². The van der Waals surface area contributed by atoms with Crippen LogP contribution in [0.15, 0.2) is 24.3 Å². The molecule has 2 unspecified atom stereocenters. The summed E-state index contributed by atoms with van der Waals surface area (Å²) < 4.78 is 18.7. The Morgan fingerprint density at radius 3 is 2.60 bits per heavy atom. The fraction of sp³-hybridized carbons (Fsp3) is 0.625. The summed E-state index contributed by atoms with van der Waals surface area (Å²) in [5, 5.41) is 13.2. The van der Waals surface area contributed by atoms with Gasteiger partial charge >= 0.3 is 0 Å². The molecule has 1 aromatic carbocycles. The average Bonchev–Trinajstić information content (AvgIpc) is 2.41. The third-order valence-electron chi connectivity index (χ3n) is 3.39. The van der Waals surface area contributed by atoms with Crippen molar-refractivity contribution in [2.45, 2.75) is 45.9 Å². The molecule has 0 amide bonds. The second-order valence-electron chi connectivity index (χ2n) is 5.43. The maximum atomic E-state index is 13.3. The number of hydrogen-bond acceptors (Lipinski definition) is 3. The van der Waals surface area contributed by atoms with Crippen LogP contribution in [-0.4, -0.2) is 30.4 Å². The Morgan fingerprint density at radius 1 is 1.30 bits per heavy atom. The Bertz CT molecular complexity index is 384. The largest absolute Gasteiger partial charge is 0.389 e. The minimum atomic E-state index is -0.574. The van der Waals surface area contributed by atoms with Crippen LogP contribution in [0.5, 0.6) is 0 Å². The molecule has 2 N–H and O–H groups in total. The molecule has 0 aromatic heterocycles. The van der Waals surface area contributed by atoms with Crippen molar-refractivity contribution in [3.63, 3.8) is 0 Å². The number of aliphatic hydroxyl groups excluding tert-OH is 1. The Morgan fingerprint density at radius 2 is 2.00 bits per heavy atom. The van der Waals surface area contributed by atoms with Gasteiger partial charge in [-0.2, -0.15) is 0 Å². The molecule has 0 radical (unpaired) electrons. The quantitative estimate of drug-likeness (QED) is 0.732. The highest BCUT2D eigenvalue weighted by Gasteiger charge is 2.12. The van der Waals surface area contributed by atoms with Gasteiger partial charge in [0.1, 0.15) is 5.82 Å². The first-order chi connectivity index (χ1) is 9.54. The molecular weight excluding hydrogens is 257 g/mol. The van der Waals surface area contributed by atoms with Crippen molar-refractivity contribution in [1.82, 2.24) is 5.32 Å². The number of nitrogens with one attached hydrogen (secondary N) is 1. The van der Waals surface area contributed by atoms with Gasteiger partial charge in [0.2, 0.25) is 0 Å². The van der Waals surface area contributed by atoms with E-state index >= 15 is 0 Å². The topological polar surface area (TPSA) is 41.5 Å². The van der Waals surface area contributed by atoms with E-state index in [4.69, 9.17) is 4.74 Å². The van der Waals surface area contributed by atoms with Gasteiger partial charge < -0.3 is 15.2 Å². The smallest absolute Gasteiger partial charge is 0.128 e. The minimum absolute atomic E-state index is 0.186. The van der Waals surface area contributed by atoms with E-state index in [1.54, 1.807) is 18.2 Å². The molecule has 20 heavy (non-hydrogen) atoms. The maximum absolute atomic E-state index is 13.3. The summed E-state index contributed by atoms with van der Waals surface area (Å²) in [4.78, 5) is 0. The molecule has 0 aliphatic heterocycles. The first kappa shape index (κ1) is 17.1. The highest BCUT2D eigenvalue weighted by Crippen LogP contribution is 2.08. The van der Waals surface area contributed by atoms with Crippen molar-refractivity contribution < 1.29 is 14.2 Å². The lowest BCUT2D eigenvalue weighted by Gasteiger charge is -2.22. The van der Waals surface area contributed by atoms with Crippen LogP contribution in [-0.2, 0) is 11.3 Å². The van der Waals surface area contributed by atoms with Gasteiger partial charge in [0.05, 0.1) is 19.3 Å². The zero-order valence-electron chi connectivity index (χ0n) is 12.6. The standard InChI is InChI=1S/C16H26FNO2/c1-4-16(12(2)3)18-9-14(19)11-20-10-13-7-5-6-8-15(13)17/h5-8,12,14,16,18-19H,4,9-11H2,1-3H3. The van der Waals surface area contributed by atoms with Crippen molar-refractivity contribution in [3.05, 3.63) is 35.6 Å². The van der Waals surface area contributed by atoms with Crippen LogP contribution < -0.4 is 5.32 Å². The zero-order chi connectivity index (χ0) is 15.0. The molecule has 1 rings (SSSR count). The average molecular weight is 283 g/mol. The molecule has 0 fully saturated rings. The zero-order valence-corrected chi connectivity index (χ0v) is 12.6. The summed E-state index contributed by atoms with van der Waals surface area (Å²) in [6.07, 6.45) is 0.454. The lowest BCUT2D eigenvalue weighted by Crippen LogP contribution is -2.39. The van der Waals surface area contributed by atoms with Gasteiger partial charge in [-0.1, -0.05) is 39.0 Å². The van der Waals surface area contributed by atoms with Crippen LogP contribution in [0.3, 0.4) is 0 Å². The molecule has 3 nitrogen and oxygen atoms in total. The third kappa shape index (κ3) is 5.99. The SMILES string of the molecule is CCC(NCC(O)COCc1ccccc1F)C(C)C. The summed E-state index contributed by atoms with van der Waals surface area (Å²) >= 11 is 0. The van der Waals surface area contributed by atoms with Crippen LogP contribution in [0.1, 0.15) is 32.8 Å². The molecule has 0 heterocycles. The van der Waals surface area contributed by atoms with E-state index in [2.05, 4.69) is 26.1 Å². The minimum Gasteiger partial charge on any atom is -0.389 e. The number of benzene rings is 1. The Balaban J connectivity index is 2.23. The normalized spacial score (nSPS) is 14.5. The van der Waals surface area contributed by atoms with Gasteiger partial charge in [0.15, 0.2) is 0 Å². The number of aliphatic hydroxyl groups is 1. The Kier molecular flexibility index (Phi) is 7.73. The van der Waals surface area contributed by atoms with E-state index in [9.17, 15) is 9.50 Å². The van der Waals surface area contributed by atoms with Crippen LogP contribution in [0.4, 0.5) is 4.39 Å². The fourth-order valence-corrected chi connectivity index (χ4v) is 2.12. The predicted octanol–water partition coefficient (Wildman–Crippen LogP) is 2.73. The van der Waals surface area contributed by atoms with E-state index in [1.165, 1.54) is 6.07 Å². The molecule has 0 saturated carbocycles. The van der Waals surface area contributed by atoms with E-state index in [1.807, 2.05) is 0 Å². The van der Waals surface area contributed by atoms with Gasteiger partial charge in [0.25, 0.3) is 0 Å². The fourth-order valence-electron chi connectivity index (χ4n) is 2.12. The summed E-state index contributed by atoms with van der Waals surface area (Å²) in [6.45, 7) is 7.32. The lowest BCUT2D eigenvalue weighted by atomic mass is 10.0. The van der Waals surface area contributed by atoms with E-state index in [0.717, 1.165) is 6.42 Å². The van der Waals surface area contributed by atoms with Crippen molar-refractivity contribution >= 4 is 0 Å². The van der Waals surface area contributed by atoms with Crippen molar-refractivity contribution in [1.29, 1.82) is 0 Å². The molecule has 2 atom stereocenters. The second kappa shape index (κ2) is 9.06. The number of rotatable bonds is 9. The summed E-state index contributed by atoms with van der Waals surface area (Å²) in [5.41, 5.74) is 0.515. The van der Waals surface area contributed by atoms with Gasteiger partial charge in [-0.15, -0.1) is 0 Å². The Hall–Kier alpha value is -0.970. The molecule has 0 spiro atoms. The predicted molar refractivity (Wildman–Crippen MR) is 79.0 cm³/mol. The molecule has 0 saturated heterocycles. The third-order valence-corrected chi connectivity index (χ3v) is 3.39. The number of ether oxygens (including phenoxy) is 1. The lowest BCUT2D eigenvalue weighted by molar-refractivity contribution is 0.0258. The molecular formula is C16H26FNO2. The first-order valence-electron chi connectivity index (χ1n) is 7.27. The van der Waals surface area contributed by atoms with Gasteiger partial charge in [-0.3, -0.25) is 0 Å². The van der Waals surface area contributed by atoms with Crippen LogP contribution >= 0.6 is 0 Å². The van der Waals surface area contributed by atoms with E-state index in [-0.39, 0.29) is 19.0 Å². The van der Waals surface area contributed by atoms with Gasteiger partial charge in [-0.05, 0) is 18.4 Å². The molecule has 0 aliphatic carbocycles. The highest BCUT2D eigenvalue weighted by molar-refractivity contribution is 5.16. The maximum Gasteiger partial charge on any atom is 0.128 e. The van der Waals surface area contributed by atoms with Gasteiger partial charge in [0, 0.05) is 18.2 Å². The summed E-state index contributed by atoms with van der Waals surface area (Å²) in [6, 6.07) is 6.91. The van der Waals surface area contributed by atoms with Crippen molar-refractivity contribution in [2.75, 3.05) is 13.2 Å².